The predicted molar refractivity (Wildman–Crippen MR) is 80.0 cm³/mol. The molecule has 0 spiro atoms. The first-order valence-electron chi connectivity index (χ1n) is 6.89. The van der Waals surface area contributed by atoms with Gasteiger partial charge in [-0.25, -0.2) is 4.98 Å². The summed E-state index contributed by atoms with van der Waals surface area (Å²) in [7, 11) is 0. The predicted octanol–water partition coefficient (Wildman–Crippen LogP) is 3.92. The maximum absolute atomic E-state index is 5.43. The lowest BCUT2D eigenvalue weighted by molar-refractivity contribution is 0.653. The van der Waals surface area contributed by atoms with Gasteiger partial charge in [-0.1, -0.05) is 42.0 Å². The fourth-order valence-corrected chi connectivity index (χ4v) is 2.99. The number of nitrogens with zero attached hydrogens (tertiary/aromatic N) is 1. The molecule has 3 heteroatoms. The zero-order valence-corrected chi connectivity index (χ0v) is 12.0. The highest BCUT2D eigenvalue weighted by molar-refractivity contribution is 7.71. The van der Waals surface area contributed by atoms with Crippen LogP contribution in [0.25, 0.3) is 0 Å². The lowest BCUT2D eigenvalue weighted by Crippen LogP contribution is -2.10. The topological polar surface area (TPSA) is 28.7 Å². The van der Waals surface area contributed by atoms with Crippen LogP contribution < -0.4 is 0 Å². The SMILES string of the molecule is Cc1ccc(Cc2nc(=S)c3c([nH]2)CCCC3)cc1. The van der Waals surface area contributed by atoms with E-state index in [1.807, 2.05) is 0 Å². The summed E-state index contributed by atoms with van der Waals surface area (Å²) < 4.78 is 0.801. The molecule has 1 heterocycles. The van der Waals surface area contributed by atoms with Crippen LogP contribution in [-0.2, 0) is 19.3 Å². The van der Waals surface area contributed by atoms with Gasteiger partial charge in [0.15, 0.2) is 0 Å². The van der Waals surface area contributed by atoms with Gasteiger partial charge < -0.3 is 4.98 Å². The maximum atomic E-state index is 5.43. The van der Waals surface area contributed by atoms with Crippen molar-refractivity contribution in [1.82, 2.24) is 9.97 Å². The molecule has 1 aliphatic carbocycles. The van der Waals surface area contributed by atoms with E-state index < -0.39 is 0 Å². The molecule has 0 atom stereocenters. The Morgan fingerprint density at radius 3 is 2.68 bits per heavy atom. The standard InChI is InChI=1S/C16H18N2S/c1-11-6-8-12(9-7-11)10-15-17-14-5-3-2-4-13(14)16(19)18-15/h6-9H,2-5,10H2,1H3,(H,17,18,19). The molecule has 1 aromatic carbocycles. The van der Waals surface area contributed by atoms with Gasteiger partial charge in [-0.05, 0) is 38.2 Å². The number of aromatic nitrogens is 2. The Morgan fingerprint density at radius 1 is 1.16 bits per heavy atom. The van der Waals surface area contributed by atoms with Gasteiger partial charge in [-0.2, -0.15) is 0 Å². The lowest BCUT2D eigenvalue weighted by atomic mass is 9.97. The number of hydrogen-bond donors (Lipinski definition) is 1. The Hall–Kier alpha value is -1.48. The molecule has 2 nitrogen and oxygen atoms in total. The minimum atomic E-state index is 0.801. The number of fused-ring (bicyclic) bond motifs is 1. The number of hydrogen-bond acceptors (Lipinski definition) is 2. The van der Waals surface area contributed by atoms with Crippen LogP contribution in [-0.4, -0.2) is 9.97 Å². The second-order valence-corrected chi connectivity index (χ2v) is 5.70. The third-order valence-corrected chi connectivity index (χ3v) is 4.09. The summed E-state index contributed by atoms with van der Waals surface area (Å²) in [5.74, 6) is 0.995. The van der Waals surface area contributed by atoms with Crippen molar-refractivity contribution >= 4 is 12.2 Å². The minimum Gasteiger partial charge on any atom is -0.347 e. The van der Waals surface area contributed by atoms with Crippen LogP contribution >= 0.6 is 12.2 Å². The van der Waals surface area contributed by atoms with Crippen molar-refractivity contribution in [2.24, 2.45) is 0 Å². The Morgan fingerprint density at radius 2 is 1.89 bits per heavy atom. The Labute approximate surface area is 118 Å². The van der Waals surface area contributed by atoms with Crippen LogP contribution in [0.2, 0.25) is 0 Å². The van der Waals surface area contributed by atoms with Gasteiger partial charge in [0.2, 0.25) is 0 Å². The number of benzene rings is 1. The molecule has 0 radical (unpaired) electrons. The maximum Gasteiger partial charge on any atom is 0.133 e. The van der Waals surface area contributed by atoms with Crippen molar-refractivity contribution in [3.05, 3.63) is 57.1 Å². The molecule has 0 fully saturated rings. The van der Waals surface area contributed by atoms with E-state index in [-0.39, 0.29) is 0 Å². The number of rotatable bonds is 2. The molecule has 0 unspecified atom stereocenters. The molecule has 3 rings (SSSR count). The van der Waals surface area contributed by atoms with Crippen LogP contribution in [0.15, 0.2) is 24.3 Å². The number of H-pyrrole nitrogens is 1. The summed E-state index contributed by atoms with van der Waals surface area (Å²) in [6, 6.07) is 8.60. The highest BCUT2D eigenvalue weighted by Gasteiger charge is 2.13. The summed E-state index contributed by atoms with van der Waals surface area (Å²) in [4.78, 5) is 8.05. The second-order valence-electron chi connectivity index (χ2n) is 5.32. The van der Waals surface area contributed by atoms with Crippen LogP contribution in [0.5, 0.6) is 0 Å². The lowest BCUT2D eigenvalue weighted by Gasteiger charge is -2.16. The molecule has 1 aromatic heterocycles. The van der Waals surface area contributed by atoms with Gasteiger partial charge >= 0.3 is 0 Å². The summed E-state index contributed by atoms with van der Waals surface area (Å²) in [5.41, 5.74) is 5.15. The quantitative estimate of drug-likeness (QED) is 0.838. The van der Waals surface area contributed by atoms with Crippen molar-refractivity contribution in [1.29, 1.82) is 0 Å². The highest BCUT2D eigenvalue weighted by Crippen LogP contribution is 2.20. The van der Waals surface area contributed by atoms with Crippen LogP contribution in [0.3, 0.4) is 0 Å². The van der Waals surface area contributed by atoms with Gasteiger partial charge in [0.05, 0.1) is 0 Å². The fourth-order valence-electron chi connectivity index (χ4n) is 2.65. The van der Waals surface area contributed by atoms with Gasteiger partial charge in [0, 0.05) is 17.7 Å². The first kappa shape index (κ1) is 12.5. The van der Waals surface area contributed by atoms with Crippen LogP contribution in [0.1, 0.15) is 41.1 Å². The van der Waals surface area contributed by atoms with E-state index in [1.54, 1.807) is 0 Å². The zero-order chi connectivity index (χ0) is 13.2. The van der Waals surface area contributed by atoms with Gasteiger partial charge in [-0.3, -0.25) is 0 Å². The van der Waals surface area contributed by atoms with E-state index in [0.29, 0.717) is 0 Å². The molecular weight excluding hydrogens is 252 g/mol. The van der Waals surface area contributed by atoms with Crippen molar-refractivity contribution in [2.75, 3.05) is 0 Å². The first-order chi connectivity index (χ1) is 9.22. The summed E-state index contributed by atoms with van der Waals surface area (Å²) in [5, 5.41) is 0. The molecule has 1 N–H and O–H groups in total. The highest BCUT2D eigenvalue weighted by atomic mass is 32.1. The molecule has 0 saturated carbocycles. The third kappa shape index (κ3) is 2.76. The van der Waals surface area contributed by atoms with E-state index in [0.717, 1.165) is 29.7 Å². The Kier molecular flexibility index (Phi) is 3.47. The molecule has 98 valence electrons. The normalized spacial score (nSPS) is 14.2. The molecule has 0 aliphatic heterocycles. The average Bonchev–Trinajstić information content (AvgIpc) is 2.42. The smallest absolute Gasteiger partial charge is 0.133 e. The van der Waals surface area contributed by atoms with Gasteiger partial charge in [0.1, 0.15) is 10.5 Å². The van der Waals surface area contributed by atoms with E-state index in [9.17, 15) is 0 Å². The van der Waals surface area contributed by atoms with Gasteiger partial charge in [-0.15, -0.1) is 0 Å². The molecule has 2 aromatic rings. The molecule has 0 saturated heterocycles. The van der Waals surface area contributed by atoms with E-state index in [4.69, 9.17) is 12.2 Å². The largest absolute Gasteiger partial charge is 0.347 e. The second kappa shape index (κ2) is 5.25. The number of aromatic amines is 1. The number of nitrogens with one attached hydrogen (secondary N) is 1. The molecule has 1 aliphatic rings. The third-order valence-electron chi connectivity index (χ3n) is 3.75. The van der Waals surface area contributed by atoms with Crippen LogP contribution in [0.4, 0.5) is 0 Å². The summed E-state index contributed by atoms with van der Waals surface area (Å²) >= 11 is 5.43. The van der Waals surface area contributed by atoms with E-state index in [1.165, 1.54) is 35.2 Å². The fraction of sp³-hybridized carbons (Fsp3) is 0.375. The van der Waals surface area contributed by atoms with Crippen molar-refractivity contribution in [3.63, 3.8) is 0 Å². The summed E-state index contributed by atoms with van der Waals surface area (Å²) in [6.07, 6.45) is 5.53. The number of aryl methyl sites for hydroxylation is 2. The average molecular weight is 270 g/mol. The minimum absolute atomic E-state index is 0.801. The molecular formula is C16H18N2S. The molecule has 0 bridgehead atoms. The van der Waals surface area contributed by atoms with Gasteiger partial charge in [0.25, 0.3) is 0 Å². The monoisotopic (exact) mass is 270 g/mol. The van der Waals surface area contributed by atoms with Crippen molar-refractivity contribution in [2.45, 2.75) is 39.0 Å². The Bertz CT molecular complexity index is 641. The molecule has 19 heavy (non-hydrogen) atoms. The molecule has 0 amide bonds. The van der Waals surface area contributed by atoms with E-state index in [2.05, 4.69) is 41.2 Å². The van der Waals surface area contributed by atoms with Crippen molar-refractivity contribution in [3.8, 4) is 0 Å². The van der Waals surface area contributed by atoms with Crippen LogP contribution in [0, 0.1) is 11.6 Å². The van der Waals surface area contributed by atoms with E-state index >= 15 is 0 Å². The summed E-state index contributed by atoms with van der Waals surface area (Å²) in [6.45, 7) is 2.11. The Balaban J connectivity index is 1.91. The first-order valence-corrected chi connectivity index (χ1v) is 7.30. The van der Waals surface area contributed by atoms with Crippen molar-refractivity contribution < 1.29 is 0 Å². The zero-order valence-electron chi connectivity index (χ0n) is 11.2.